The lowest BCUT2D eigenvalue weighted by atomic mass is 9.95. The summed E-state index contributed by atoms with van der Waals surface area (Å²) < 4.78 is 0. The number of nitrogens with zero attached hydrogens (tertiary/aromatic N) is 1. The summed E-state index contributed by atoms with van der Waals surface area (Å²) in [6, 6.07) is 5.84. The van der Waals surface area contributed by atoms with Crippen molar-refractivity contribution in [3.8, 4) is 0 Å². The summed E-state index contributed by atoms with van der Waals surface area (Å²) in [5.74, 6) is -2.36. The zero-order valence-electron chi connectivity index (χ0n) is 10.9. The van der Waals surface area contributed by atoms with E-state index in [0.717, 1.165) is 4.90 Å². The van der Waals surface area contributed by atoms with Gasteiger partial charge in [-0.1, -0.05) is 42.0 Å². The van der Waals surface area contributed by atoms with Gasteiger partial charge in [0.05, 0.1) is 6.54 Å². The van der Waals surface area contributed by atoms with Crippen LogP contribution >= 0.6 is 11.6 Å². The molecule has 1 N–H and O–H groups in total. The molecule has 1 aliphatic rings. The Balaban J connectivity index is 2.40. The van der Waals surface area contributed by atoms with E-state index in [1.807, 2.05) is 0 Å². The number of amides is 4. The maximum Gasteiger partial charge on any atom is 0.331 e. The highest BCUT2D eigenvalue weighted by molar-refractivity contribution is 6.32. The van der Waals surface area contributed by atoms with E-state index >= 15 is 0 Å². The minimum Gasteiger partial charge on any atom is -0.277 e. The number of imide groups is 2. The predicted octanol–water partition coefficient (Wildman–Crippen LogP) is 2.08. The molecule has 1 atom stereocenters. The van der Waals surface area contributed by atoms with Crippen LogP contribution in [-0.4, -0.2) is 29.3 Å². The van der Waals surface area contributed by atoms with Gasteiger partial charge in [-0.15, -0.1) is 0 Å². The van der Waals surface area contributed by atoms with E-state index < -0.39 is 23.8 Å². The van der Waals surface area contributed by atoms with E-state index in [1.165, 1.54) is 0 Å². The second kappa shape index (κ2) is 5.46. The van der Waals surface area contributed by atoms with Gasteiger partial charge in [0.1, 0.15) is 5.92 Å². The first-order valence-corrected chi connectivity index (χ1v) is 6.34. The highest BCUT2D eigenvalue weighted by Gasteiger charge is 2.41. The van der Waals surface area contributed by atoms with E-state index in [0.29, 0.717) is 16.2 Å². The Morgan fingerprint density at radius 1 is 1.35 bits per heavy atom. The molecule has 1 aromatic carbocycles. The fraction of sp³-hybridized carbons (Fsp3) is 0.214. The van der Waals surface area contributed by atoms with Crippen molar-refractivity contribution in [2.45, 2.75) is 12.8 Å². The third-order valence-electron chi connectivity index (χ3n) is 2.89. The Hall–Kier alpha value is -2.14. The number of hydrogen-bond donors (Lipinski definition) is 1. The van der Waals surface area contributed by atoms with Crippen molar-refractivity contribution in [3.05, 3.63) is 47.0 Å². The largest absolute Gasteiger partial charge is 0.331 e. The van der Waals surface area contributed by atoms with Crippen LogP contribution in [0.3, 0.4) is 0 Å². The molecule has 1 heterocycles. The van der Waals surface area contributed by atoms with Gasteiger partial charge in [-0.05, 0) is 18.6 Å². The molecule has 0 radical (unpaired) electrons. The summed E-state index contributed by atoms with van der Waals surface area (Å²) in [5.41, 5.74) is 1.02. The van der Waals surface area contributed by atoms with Crippen LogP contribution in [-0.2, 0) is 9.59 Å². The van der Waals surface area contributed by atoms with Gasteiger partial charge in [-0.2, -0.15) is 0 Å². The van der Waals surface area contributed by atoms with Gasteiger partial charge >= 0.3 is 6.03 Å². The van der Waals surface area contributed by atoms with Gasteiger partial charge in [0.2, 0.25) is 11.8 Å². The predicted molar refractivity (Wildman–Crippen MR) is 74.3 cm³/mol. The average Bonchev–Trinajstić information content (AvgIpc) is 2.36. The molecule has 0 aliphatic carbocycles. The lowest BCUT2D eigenvalue weighted by molar-refractivity contribution is -0.138. The minimum absolute atomic E-state index is 0.0684. The summed E-state index contributed by atoms with van der Waals surface area (Å²) in [5, 5.41) is 2.48. The van der Waals surface area contributed by atoms with E-state index in [-0.39, 0.29) is 6.54 Å². The van der Waals surface area contributed by atoms with Crippen LogP contribution in [0.5, 0.6) is 0 Å². The summed E-state index contributed by atoms with van der Waals surface area (Å²) in [6.07, 6.45) is 0. The molecule has 5 nitrogen and oxygen atoms in total. The fourth-order valence-corrected chi connectivity index (χ4v) is 2.26. The standard InChI is InChI=1S/C14H13ClN2O3/c1-8(2)7-17-13(19)11(12(18)16-14(17)20)9-5-3-4-6-10(9)15/h3-6,11H,1,7H2,2H3,(H,16,18,20). The van der Waals surface area contributed by atoms with E-state index in [1.54, 1.807) is 31.2 Å². The van der Waals surface area contributed by atoms with Crippen LogP contribution in [0.15, 0.2) is 36.4 Å². The molecular formula is C14H13ClN2O3. The van der Waals surface area contributed by atoms with Gasteiger partial charge in [0, 0.05) is 5.02 Å². The van der Waals surface area contributed by atoms with Crippen LogP contribution in [0.25, 0.3) is 0 Å². The second-order valence-electron chi connectivity index (χ2n) is 4.63. The van der Waals surface area contributed by atoms with E-state index in [2.05, 4.69) is 11.9 Å². The van der Waals surface area contributed by atoms with Crippen molar-refractivity contribution < 1.29 is 14.4 Å². The molecule has 1 fully saturated rings. The summed E-state index contributed by atoms with van der Waals surface area (Å²) in [7, 11) is 0. The number of halogens is 1. The smallest absolute Gasteiger partial charge is 0.277 e. The SMILES string of the molecule is C=C(C)CN1C(=O)NC(=O)C(c2ccccc2Cl)C1=O. The molecule has 6 heteroatoms. The molecular weight excluding hydrogens is 280 g/mol. The topological polar surface area (TPSA) is 66.5 Å². The molecule has 1 saturated heterocycles. The highest BCUT2D eigenvalue weighted by atomic mass is 35.5. The molecule has 1 aromatic rings. The molecule has 0 saturated carbocycles. The van der Waals surface area contributed by atoms with Crippen LogP contribution in [0.1, 0.15) is 18.4 Å². The monoisotopic (exact) mass is 292 g/mol. The normalized spacial score (nSPS) is 19.0. The number of hydrogen-bond acceptors (Lipinski definition) is 3. The molecule has 1 aliphatic heterocycles. The van der Waals surface area contributed by atoms with Gasteiger partial charge in [-0.3, -0.25) is 19.8 Å². The highest BCUT2D eigenvalue weighted by Crippen LogP contribution is 2.28. The quantitative estimate of drug-likeness (QED) is 0.685. The first-order chi connectivity index (χ1) is 9.41. The lowest BCUT2D eigenvalue weighted by Gasteiger charge is -2.30. The summed E-state index contributed by atoms with van der Waals surface area (Å²) >= 11 is 6.02. The van der Waals surface area contributed by atoms with E-state index in [9.17, 15) is 14.4 Å². The van der Waals surface area contributed by atoms with Crippen LogP contribution in [0, 0.1) is 0 Å². The zero-order chi connectivity index (χ0) is 14.9. The minimum atomic E-state index is -1.11. The van der Waals surface area contributed by atoms with Crippen molar-refractivity contribution in [3.63, 3.8) is 0 Å². The number of urea groups is 1. The molecule has 2 rings (SSSR count). The third-order valence-corrected chi connectivity index (χ3v) is 3.24. The van der Waals surface area contributed by atoms with Crippen molar-refractivity contribution >= 4 is 29.4 Å². The number of rotatable bonds is 3. The lowest BCUT2D eigenvalue weighted by Crippen LogP contribution is -2.57. The number of barbiturate groups is 1. The van der Waals surface area contributed by atoms with Gasteiger partial charge in [0.25, 0.3) is 0 Å². The first-order valence-electron chi connectivity index (χ1n) is 5.97. The van der Waals surface area contributed by atoms with Gasteiger partial charge in [-0.25, -0.2) is 4.79 Å². The summed E-state index contributed by atoms with van der Waals surface area (Å²) in [6.45, 7) is 5.43. The first kappa shape index (κ1) is 14.3. The third kappa shape index (κ3) is 2.58. The Bertz CT molecular complexity index is 612. The van der Waals surface area contributed by atoms with Crippen molar-refractivity contribution in [2.75, 3.05) is 6.54 Å². The molecule has 0 spiro atoms. The molecule has 0 aromatic heterocycles. The second-order valence-corrected chi connectivity index (χ2v) is 5.04. The number of nitrogens with one attached hydrogen (secondary N) is 1. The molecule has 104 valence electrons. The van der Waals surface area contributed by atoms with Gasteiger partial charge < -0.3 is 0 Å². The Kier molecular flexibility index (Phi) is 3.90. The maximum atomic E-state index is 12.4. The van der Waals surface area contributed by atoms with Crippen LogP contribution in [0.2, 0.25) is 5.02 Å². The summed E-state index contributed by atoms with van der Waals surface area (Å²) in [4.78, 5) is 37.0. The number of benzene rings is 1. The van der Waals surface area contributed by atoms with Crippen molar-refractivity contribution in [1.82, 2.24) is 10.2 Å². The Morgan fingerprint density at radius 3 is 2.60 bits per heavy atom. The average molecular weight is 293 g/mol. The molecule has 4 amide bonds. The van der Waals surface area contributed by atoms with Crippen LogP contribution < -0.4 is 5.32 Å². The zero-order valence-corrected chi connectivity index (χ0v) is 11.6. The number of carbonyl (C=O) groups excluding carboxylic acids is 3. The van der Waals surface area contributed by atoms with E-state index in [4.69, 9.17) is 11.6 Å². The van der Waals surface area contributed by atoms with Crippen molar-refractivity contribution in [2.24, 2.45) is 0 Å². The van der Waals surface area contributed by atoms with Crippen LogP contribution in [0.4, 0.5) is 4.79 Å². The van der Waals surface area contributed by atoms with Crippen molar-refractivity contribution in [1.29, 1.82) is 0 Å². The Morgan fingerprint density at radius 2 is 2.00 bits per heavy atom. The molecule has 20 heavy (non-hydrogen) atoms. The molecule has 1 unspecified atom stereocenters. The fourth-order valence-electron chi connectivity index (χ4n) is 2.02. The number of carbonyl (C=O) groups is 3. The Labute approximate surface area is 121 Å². The molecule has 0 bridgehead atoms. The van der Waals surface area contributed by atoms with Gasteiger partial charge in [0.15, 0.2) is 0 Å². The maximum absolute atomic E-state index is 12.4.